The van der Waals surface area contributed by atoms with Crippen molar-refractivity contribution in [1.29, 1.82) is 10.5 Å². The standard InChI is InChI=1S/C24H25N5/c25-17-19-4-7-21(8-5-19)29-15-13-28(14-16-29)12-2-1-3-22-20(18-26)6-9-24-23(22)10-11-27-24/h4-11,27H,1-3,12-16H2. The minimum absolute atomic E-state index is 0.710. The summed E-state index contributed by atoms with van der Waals surface area (Å²) >= 11 is 0. The summed E-state index contributed by atoms with van der Waals surface area (Å²) in [5, 5.41) is 19.5. The normalized spacial score (nSPS) is 14.6. The van der Waals surface area contributed by atoms with E-state index in [-0.39, 0.29) is 0 Å². The van der Waals surface area contributed by atoms with Gasteiger partial charge in [0.2, 0.25) is 0 Å². The summed E-state index contributed by atoms with van der Waals surface area (Å²) in [6.45, 7) is 5.28. The van der Waals surface area contributed by atoms with Gasteiger partial charge in [-0.3, -0.25) is 4.90 Å². The number of piperazine rings is 1. The number of hydrogen-bond donors (Lipinski definition) is 1. The zero-order chi connectivity index (χ0) is 20.1. The van der Waals surface area contributed by atoms with Gasteiger partial charge in [0.1, 0.15) is 0 Å². The molecule has 0 amide bonds. The molecule has 0 radical (unpaired) electrons. The van der Waals surface area contributed by atoms with Crippen LogP contribution in [-0.2, 0) is 6.42 Å². The molecule has 0 unspecified atom stereocenters. The third-order valence-corrected chi connectivity index (χ3v) is 5.85. The zero-order valence-electron chi connectivity index (χ0n) is 16.6. The highest BCUT2D eigenvalue weighted by Crippen LogP contribution is 2.23. The first kappa shape index (κ1) is 19.1. The molecule has 0 aliphatic carbocycles. The second kappa shape index (κ2) is 8.82. The smallest absolute Gasteiger partial charge is 0.0994 e. The fourth-order valence-corrected chi connectivity index (χ4v) is 4.18. The van der Waals surface area contributed by atoms with Crippen LogP contribution in [0.2, 0.25) is 0 Å². The van der Waals surface area contributed by atoms with Gasteiger partial charge in [0, 0.05) is 49.0 Å². The van der Waals surface area contributed by atoms with Crippen LogP contribution in [0.3, 0.4) is 0 Å². The third-order valence-electron chi connectivity index (χ3n) is 5.85. The SMILES string of the molecule is N#Cc1ccc(N2CCN(CCCCc3c(C#N)ccc4[nH]ccc34)CC2)cc1. The van der Waals surface area contributed by atoms with Crippen LogP contribution in [0.25, 0.3) is 10.9 Å². The topological polar surface area (TPSA) is 69.8 Å². The molecule has 0 atom stereocenters. The number of rotatable bonds is 6. The third kappa shape index (κ3) is 4.26. The fourth-order valence-electron chi connectivity index (χ4n) is 4.18. The van der Waals surface area contributed by atoms with Gasteiger partial charge in [-0.1, -0.05) is 0 Å². The van der Waals surface area contributed by atoms with Gasteiger partial charge >= 0.3 is 0 Å². The average molecular weight is 383 g/mol. The van der Waals surface area contributed by atoms with Gasteiger partial charge in [-0.05, 0) is 73.8 Å². The number of unbranched alkanes of at least 4 members (excludes halogenated alkanes) is 1. The lowest BCUT2D eigenvalue weighted by Gasteiger charge is -2.36. The Kier molecular flexibility index (Phi) is 5.79. The predicted octanol–water partition coefficient (Wildman–Crippen LogP) is 4.06. The van der Waals surface area contributed by atoms with E-state index in [1.165, 1.54) is 16.6 Å². The number of aryl methyl sites for hydroxylation is 1. The van der Waals surface area contributed by atoms with Crippen molar-refractivity contribution in [2.24, 2.45) is 0 Å². The Hall–Kier alpha value is -3.28. The van der Waals surface area contributed by atoms with Gasteiger partial charge in [0.25, 0.3) is 0 Å². The number of H-pyrrole nitrogens is 1. The number of fused-ring (bicyclic) bond motifs is 1. The molecule has 146 valence electrons. The maximum Gasteiger partial charge on any atom is 0.0994 e. The van der Waals surface area contributed by atoms with E-state index in [2.05, 4.69) is 33.0 Å². The average Bonchev–Trinajstić information content (AvgIpc) is 3.26. The number of benzene rings is 2. The highest BCUT2D eigenvalue weighted by Gasteiger charge is 2.17. The van der Waals surface area contributed by atoms with Crippen molar-refractivity contribution < 1.29 is 0 Å². The summed E-state index contributed by atoms with van der Waals surface area (Å²) < 4.78 is 0. The lowest BCUT2D eigenvalue weighted by Crippen LogP contribution is -2.46. The van der Waals surface area contributed by atoms with Gasteiger partial charge in [-0.2, -0.15) is 10.5 Å². The Morgan fingerprint density at radius 2 is 1.66 bits per heavy atom. The van der Waals surface area contributed by atoms with Crippen molar-refractivity contribution >= 4 is 16.6 Å². The maximum atomic E-state index is 9.43. The highest BCUT2D eigenvalue weighted by atomic mass is 15.3. The van der Waals surface area contributed by atoms with E-state index in [4.69, 9.17) is 5.26 Å². The molecule has 1 aliphatic rings. The van der Waals surface area contributed by atoms with Crippen molar-refractivity contribution in [1.82, 2.24) is 9.88 Å². The number of hydrogen-bond acceptors (Lipinski definition) is 4. The van der Waals surface area contributed by atoms with Crippen LogP contribution < -0.4 is 4.90 Å². The summed E-state index contributed by atoms with van der Waals surface area (Å²) in [6, 6.07) is 18.4. The van der Waals surface area contributed by atoms with Crippen LogP contribution >= 0.6 is 0 Å². The number of nitriles is 2. The number of nitrogens with one attached hydrogen (secondary N) is 1. The monoisotopic (exact) mass is 383 g/mol. The molecular formula is C24H25N5. The first-order valence-electron chi connectivity index (χ1n) is 10.2. The first-order valence-corrected chi connectivity index (χ1v) is 10.2. The second-order valence-electron chi connectivity index (χ2n) is 7.59. The van der Waals surface area contributed by atoms with Gasteiger partial charge in [-0.15, -0.1) is 0 Å². The molecule has 0 saturated carbocycles. The van der Waals surface area contributed by atoms with Gasteiger partial charge in [-0.25, -0.2) is 0 Å². The lowest BCUT2D eigenvalue weighted by atomic mass is 9.98. The van der Waals surface area contributed by atoms with Crippen LogP contribution in [0.4, 0.5) is 5.69 Å². The van der Waals surface area contributed by atoms with E-state index in [0.717, 1.165) is 63.1 Å². The molecule has 5 heteroatoms. The van der Waals surface area contributed by atoms with E-state index in [1.807, 2.05) is 42.6 Å². The molecule has 1 fully saturated rings. The van der Waals surface area contributed by atoms with Crippen molar-refractivity contribution in [3.8, 4) is 12.1 Å². The summed E-state index contributed by atoms with van der Waals surface area (Å²) in [7, 11) is 0. The minimum atomic E-state index is 0.710. The van der Waals surface area contributed by atoms with Gasteiger partial charge < -0.3 is 9.88 Å². The summed E-state index contributed by atoms with van der Waals surface area (Å²) in [5.41, 5.74) is 5.00. The molecule has 0 bridgehead atoms. The Labute approximate surface area is 171 Å². The van der Waals surface area contributed by atoms with Crippen LogP contribution in [0.5, 0.6) is 0 Å². The number of anilines is 1. The van der Waals surface area contributed by atoms with E-state index in [9.17, 15) is 5.26 Å². The van der Waals surface area contributed by atoms with E-state index < -0.39 is 0 Å². The Bertz CT molecular complexity index is 1040. The summed E-state index contributed by atoms with van der Waals surface area (Å²) in [4.78, 5) is 8.16. The molecule has 1 saturated heterocycles. The number of aromatic amines is 1. The van der Waals surface area contributed by atoms with Crippen molar-refractivity contribution in [2.45, 2.75) is 19.3 Å². The molecule has 3 aromatic rings. The van der Waals surface area contributed by atoms with Gasteiger partial charge in [0.15, 0.2) is 0 Å². The second-order valence-corrected chi connectivity index (χ2v) is 7.59. The van der Waals surface area contributed by atoms with Crippen molar-refractivity contribution in [3.05, 3.63) is 65.4 Å². The molecule has 1 N–H and O–H groups in total. The molecule has 5 nitrogen and oxygen atoms in total. The van der Waals surface area contributed by atoms with Crippen LogP contribution in [-0.4, -0.2) is 42.6 Å². The van der Waals surface area contributed by atoms with Crippen molar-refractivity contribution in [2.75, 3.05) is 37.6 Å². The van der Waals surface area contributed by atoms with Crippen molar-refractivity contribution in [3.63, 3.8) is 0 Å². The largest absolute Gasteiger partial charge is 0.369 e. The lowest BCUT2D eigenvalue weighted by molar-refractivity contribution is 0.253. The van der Waals surface area contributed by atoms with Gasteiger partial charge in [0.05, 0.1) is 23.3 Å². The van der Waals surface area contributed by atoms with Crippen LogP contribution in [0.1, 0.15) is 29.5 Å². The molecule has 2 aromatic carbocycles. The Morgan fingerprint density at radius 1 is 0.862 bits per heavy atom. The molecule has 1 aliphatic heterocycles. The molecule has 1 aromatic heterocycles. The fraction of sp³-hybridized carbons (Fsp3) is 0.333. The molecular weight excluding hydrogens is 358 g/mol. The quantitative estimate of drug-likeness (QED) is 0.652. The highest BCUT2D eigenvalue weighted by molar-refractivity contribution is 5.85. The van der Waals surface area contributed by atoms with Crippen LogP contribution in [0, 0.1) is 22.7 Å². The zero-order valence-corrected chi connectivity index (χ0v) is 16.6. The molecule has 4 rings (SSSR count). The van der Waals surface area contributed by atoms with Crippen LogP contribution in [0.15, 0.2) is 48.7 Å². The summed E-state index contributed by atoms with van der Waals surface area (Å²) in [5.74, 6) is 0. The predicted molar refractivity (Wildman–Crippen MR) is 116 cm³/mol. The molecule has 2 heterocycles. The number of aromatic nitrogens is 1. The molecule has 0 spiro atoms. The Morgan fingerprint density at radius 3 is 2.38 bits per heavy atom. The van der Waals surface area contributed by atoms with E-state index >= 15 is 0 Å². The summed E-state index contributed by atoms with van der Waals surface area (Å²) in [6.07, 6.45) is 5.13. The maximum absolute atomic E-state index is 9.43. The van der Waals surface area contributed by atoms with E-state index in [0.29, 0.717) is 5.56 Å². The first-order chi connectivity index (χ1) is 14.3. The molecule has 29 heavy (non-hydrogen) atoms. The van der Waals surface area contributed by atoms with E-state index in [1.54, 1.807) is 0 Å². The number of nitrogens with zero attached hydrogens (tertiary/aromatic N) is 4. The minimum Gasteiger partial charge on any atom is -0.369 e. The Balaban J connectivity index is 1.25.